The molecule has 0 spiro atoms. The number of non-ortho nitro benzene ring substituents is 1. The lowest BCUT2D eigenvalue weighted by molar-refractivity contribution is -0.384. The highest BCUT2D eigenvalue weighted by atomic mass is 32.1. The fourth-order valence-corrected chi connectivity index (χ4v) is 5.16. The second kappa shape index (κ2) is 10.5. The van der Waals surface area contributed by atoms with E-state index < -0.39 is 4.92 Å². The molecule has 0 N–H and O–H groups in total. The van der Waals surface area contributed by atoms with Crippen LogP contribution in [0, 0.1) is 17.0 Å². The lowest BCUT2D eigenvalue weighted by Crippen LogP contribution is -2.33. The molecule has 38 heavy (non-hydrogen) atoms. The molecule has 1 aliphatic heterocycles. The Hall–Kier alpha value is -4.51. The van der Waals surface area contributed by atoms with Gasteiger partial charge in [0.2, 0.25) is 0 Å². The number of carbonyl (C=O) groups is 2. The van der Waals surface area contributed by atoms with Crippen LogP contribution >= 0.6 is 11.5 Å². The molecule has 1 aliphatic rings. The number of fused-ring (bicyclic) bond motifs is 2. The molecule has 192 valence electrons. The second-order valence-corrected chi connectivity index (χ2v) is 9.61. The van der Waals surface area contributed by atoms with Crippen molar-refractivity contribution in [1.82, 2.24) is 9.27 Å². The Morgan fingerprint density at radius 1 is 1.03 bits per heavy atom. The number of anilines is 1. The second-order valence-electron chi connectivity index (χ2n) is 8.86. The molecular weight excluding hydrogens is 504 g/mol. The lowest BCUT2D eigenvalue weighted by atomic mass is 10.1. The molecule has 0 bridgehead atoms. The Bertz CT molecular complexity index is 1560. The summed E-state index contributed by atoms with van der Waals surface area (Å²) in [5.41, 5.74) is 4.17. The maximum Gasteiger partial charge on any atom is 0.270 e. The number of azo groups is 1. The maximum atomic E-state index is 12.6. The first kappa shape index (κ1) is 25.2. The van der Waals surface area contributed by atoms with E-state index in [1.54, 1.807) is 30.3 Å². The number of rotatable bonds is 9. The van der Waals surface area contributed by atoms with E-state index in [0.717, 1.165) is 29.3 Å². The normalized spacial score (nSPS) is 13.1. The van der Waals surface area contributed by atoms with Crippen LogP contribution in [0.1, 0.15) is 39.6 Å². The van der Waals surface area contributed by atoms with Gasteiger partial charge in [-0.15, -0.1) is 10.2 Å². The van der Waals surface area contributed by atoms with Gasteiger partial charge in [0, 0.05) is 42.8 Å². The number of nitro benzene ring substituents is 1. The van der Waals surface area contributed by atoms with Gasteiger partial charge < -0.3 is 4.90 Å². The quantitative estimate of drug-likeness (QED) is 0.107. The third-order valence-electron chi connectivity index (χ3n) is 6.52. The summed E-state index contributed by atoms with van der Waals surface area (Å²) >= 11 is 1.14. The molecule has 4 aromatic rings. The van der Waals surface area contributed by atoms with Crippen molar-refractivity contribution in [3.63, 3.8) is 0 Å². The first-order valence-electron chi connectivity index (χ1n) is 12.1. The van der Waals surface area contributed by atoms with E-state index in [1.807, 2.05) is 25.1 Å². The summed E-state index contributed by atoms with van der Waals surface area (Å²) in [6, 6.07) is 17.3. The van der Waals surface area contributed by atoms with Gasteiger partial charge in [0.1, 0.15) is 0 Å². The zero-order valence-electron chi connectivity index (χ0n) is 20.8. The molecule has 2 heterocycles. The van der Waals surface area contributed by atoms with Gasteiger partial charge in [-0.25, -0.2) is 0 Å². The largest absolute Gasteiger partial charge is 0.372 e. The first-order chi connectivity index (χ1) is 18.4. The third-order valence-corrected chi connectivity index (χ3v) is 7.28. The molecule has 0 atom stereocenters. The van der Waals surface area contributed by atoms with Gasteiger partial charge in [-0.1, -0.05) is 12.1 Å². The van der Waals surface area contributed by atoms with Crippen molar-refractivity contribution in [2.24, 2.45) is 10.2 Å². The van der Waals surface area contributed by atoms with E-state index >= 15 is 0 Å². The molecule has 5 rings (SSSR count). The van der Waals surface area contributed by atoms with E-state index in [1.165, 1.54) is 17.0 Å². The van der Waals surface area contributed by atoms with Crippen LogP contribution < -0.4 is 4.90 Å². The summed E-state index contributed by atoms with van der Waals surface area (Å²) in [7, 11) is 0. The SMILES string of the molecule is CCN(CCCN1C(=O)c2ccccc2C1=O)c1ccc(/N=N/c2snc3ccc([N+](=O)[O-])cc23)c(C)c1. The van der Waals surface area contributed by atoms with Crippen LogP contribution in [0.4, 0.5) is 22.1 Å². The minimum absolute atomic E-state index is 0.0164. The fourth-order valence-electron chi connectivity index (χ4n) is 4.48. The van der Waals surface area contributed by atoms with Gasteiger partial charge in [-0.05, 0) is 73.8 Å². The number of aryl methyl sites for hydroxylation is 1. The molecule has 1 aromatic heterocycles. The van der Waals surface area contributed by atoms with Crippen LogP contribution in [0.15, 0.2) is 70.9 Å². The van der Waals surface area contributed by atoms with Crippen LogP contribution in [0.25, 0.3) is 10.9 Å². The Kier molecular flexibility index (Phi) is 6.93. The average molecular weight is 529 g/mol. The van der Waals surface area contributed by atoms with Crippen molar-refractivity contribution in [3.05, 3.63) is 87.5 Å². The standard InChI is InChI=1S/C27H24N6O4S/c1-3-31(13-6-14-32-26(34)20-7-4-5-8-21(20)27(32)35)18-9-11-23(17(2)15-18)28-29-25-22-16-19(33(36)37)10-12-24(22)30-38-25/h4-5,7-12,15-16H,3,6,13-14H2,1-2H3/b29-28+. The number of nitrogens with zero attached hydrogens (tertiary/aromatic N) is 6. The number of amides is 2. The number of nitro groups is 1. The van der Waals surface area contributed by atoms with E-state index in [2.05, 4.69) is 26.4 Å². The predicted octanol–water partition coefficient (Wildman–Crippen LogP) is 6.44. The number of hydrogen-bond acceptors (Lipinski definition) is 9. The van der Waals surface area contributed by atoms with Crippen LogP contribution in [0.2, 0.25) is 0 Å². The number of imide groups is 1. The lowest BCUT2D eigenvalue weighted by Gasteiger charge is -2.25. The number of benzene rings is 3. The molecule has 0 saturated heterocycles. The van der Waals surface area contributed by atoms with Crippen molar-refractivity contribution in [2.45, 2.75) is 20.3 Å². The highest BCUT2D eigenvalue weighted by Crippen LogP contribution is 2.35. The summed E-state index contributed by atoms with van der Waals surface area (Å²) in [5, 5.41) is 20.9. The van der Waals surface area contributed by atoms with Crippen LogP contribution in [0.5, 0.6) is 0 Å². The van der Waals surface area contributed by atoms with Gasteiger partial charge in [0.25, 0.3) is 17.5 Å². The Morgan fingerprint density at radius 2 is 1.76 bits per heavy atom. The average Bonchev–Trinajstić information content (AvgIpc) is 3.44. The highest BCUT2D eigenvalue weighted by Gasteiger charge is 2.34. The third kappa shape index (κ3) is 4.75. The Balaban J connectivity index is 1.25. The highest BCUT2D eigenvalue weighted by molar-refractivity contribution is 7.11. The van der Waals surface area contributed by atoms with Crippen molar-refractivity contribution in [2.75, 3.05) is 24.5 Å². The topological polar surface area (TPSA) is 121 Å². The molecule has 3 aromatic carbocycles. The monoisotopic (exact) mass is 528 g/mol. The van der Waals surface area contributed by atoms with E-state index in [4.69, 9.17) is 0 Å². The molecular formula is C27H24N6O4S. The Morgan fingerprint density at radius 3 is 2.42 bits per heavy atom. The van der Waals surface area contributed by atoms with E-state index in [9.17, 15) is 19.7 Å². The van der Waals surface area contributed by atoms with Gasteiger partial charge >= 0.3 is 0 Å². The van der Waals surface area contributed by atoms with E-state index in [0.29, 0.717) is 52.2 Å². The van der Waals surface area contributed by atoms with Crippen molar-refractivity contribution < 1.29 is 14.5 Å². The first-order valence-corrected chi connectivity index (χ1v) is 12.9. The fraction of sp³-hybridized carbons (Fsp3) is 0.222. The zero-order valence-corrected chi connectivity index (χ0v) is 21.6. The predicted molar refractivity (Wildman–Crippen MR) is 146 cm³/mol. The van der Waals surface area contributed by atoms with Crippen LogP contribution in [-0.2, 0) is 0 Å². The molecule has 0 saturated carbocycles. The van der Waals surface area contributed by atoms with Crippen molar-refractivity contribution in [1.29, 1.82) is 0 Å². The minimum Gasteiger partial charge on any atom is -0.372 e. The summed E-state index contributed by atoms with van der Waals surface area (Å²) in [5.74, 6) is -0.468. The van der Waals surface area contributed by atoms with Gasteiger partial charge in [0.05, 0.1) is 27.3 Å². The minimum atomic E-state index is -0.444. The smallest absolute Gasteiger partial charge is 0.270 e. The number of aromatic nitrogens is 1. The number of hydrogen-bond donors (Lipinski definition) is 0. The van der Waals surface area contributed by atoms with Crippen molar-refractivity contribution in [3.8, 4) is 0 Å². The van der Waals surface area contributed by atoms with Gasteiger partial charge in [0.15, 0.2) is 5.00 Å². The number of carbonyl (C=O) groups excluding carboxylic acids is 2. The summed E-state index contributed by atoms with van der Waals surface area (Å²) < 4.78 is 4.29. The molecule has 0 unspecified atom stereocenters. The molecule has 11 heteroatoms. The Labute approximate surface area is 222 Å². The van der Waals surface area contributed by atoms with Gasteiger partial charge in [-0.2, -0.15) is 4.37 Å². The van der Waals surface area contributed by atoms with Crippen molar-refractivity contribution >= 4 is 56.3 Å². The van der Waals surface area contributed by atoms with Crippen LogP contribution in [-0.4, -0.2) is 45.6 Å². The summed E-state index contributed by atoms with van der Waals surface area (Å²) in [6.45, 7) is 5.79. The van der Waals surface area contributed by atoms with Crippen LogP contribution in [0.3, 0.4) is 0 Å². The maximum absolute atomic E-state index is 12.6. The van der Waals surface area contributed by atoms with E-state index in [-0.39, 0.29) is 17.5 Å². The molecule has 10 nitrogen and oxygen atoms in total. The van der Waals surface area contributed by atoms with Gasteiger partial charge in [-0.3, -0.25) is 24.6 Å². The molecule has 0 radical (unpaired) electrons. The molecule has 2 amide bonds. The summed E-state index contributed by atoms with van der Waals surface area (Å²) in [4.78, 5) is 39.4. The molecule has 0 fully saturated rings. The summed E-state index contributed by atoms with van der Waals surface area (Å²) in [6.07, 6.45) is 0.643. The zero-order chi connectivity index (χ0) is 26.8. The molecule has 0 aliphatic carbocycles.